The normalized spacial score (nSPS) is 21.2. The molecule has 0 amide bonds. The molecule has 4 nitrogen and oxygen atoms in total. The van der Waals surface area contributed by atoms with Crippen molar-refractivity contribution in [3.8, 4) is 0 Å². The van der Waals surface area contributed by atoms with Crippen molar-refractivity contribution in [2.24, 2.45) is 0 Å². The summed E-state index contributed by atoms with van der Waals surface area (Å²) in [4.78, 5) is 14.5. The summed E-state index contributed by atoms with van der Waals surface area (Å²) in [7, 11) is 1.84. The number of ether oxygens (including phenoxy) is 1. The minimum atomic E-state index is -0.557. The molecule has 0 saturated carbocycles. The molecule has 1 saturated heterocycles. The zero-order chi connectivity index (χ0) is 14.1. The van der Waals surface area contributed by atoms with E-state index in [1.807, 2.05) is 20.9 Å². The fourth-order valence-corrected chi connectivity index (χ4v) is 2.54. The van der Waals surface area contributed by atoms with Crippen molar-refractivity contribution in [2.75, 3.05) is 33.3 Å². The maximum atomic E-state index is 12.0. The van der Waals surface area contributed by atoms with Gasteiger partial charge in [-0.05, 0) is 53.2 Å². The molecule has 0 aliphatic carbocycles. The Kier molecular flexibility index (Phi) is 7.39. The van der Waals surface area contributed by atoms with Crippen molar-refractivity contribution < 1.29 is 9.53 Å². The van der Waals surface area contributed by atoms with Crippen LogP contribution in [0.1, 0.15) is 52.4 Å². The molecule has 1 rings (SSSR count). The second kappa shape index (κ2) is 8.54. The van der Waals surface area contributed by atoms with Crippen molar-refractivity contribution in [3.63, 3.8) is 0 Å². The Labute approximate surface area is 117 Å². The van der Waals surface area contributed by atoms with E-state index in [2.05, 4.69) is 10.2 Å². The monoisotopic (exact) mass is 270 g/mol. The first-order valence-corrected chi connectivity index (χ1v) is 7.71. The van der Waals surface area contributed by atoms with Gasteiger partial charge < -0.3 is 15.0 Å². The standard InChI is InChI=1S/C15H30N2O2/c1-4-19-14(18)15(2,16-3)10-13-17-11-8-6-5-7-9-12-17/h16H,4-13H2,1-3H3. The molecule has 0 radical (unpaired) electrons. The summed E-state index contributed by atoms with van der Waals surface area (Å²) in [5.74, 6) is -0.135. The van der Waals surface area contributed by atoms with E-state index in [4.69, 9.17) is 4.74 Å². The molecule has 0 aromatic carbocycles. The number of carbonyl (C=O) groups is 1. The van der Waals surface area contributed by atoms with Crippen molar-refractivity contribution >= 4 is 5.97 Å². The summed E-state index contributed by atoms with van der Waals surface area (Å²) in [6.07, 6.45) is 7.45. The molecule has 1 atom stereocenters. The van der Waals surface area contributed by atoms with Crippen molar-refractivity contribution in [2.45, 2.75) is 57.9 Å². The molecule has 19 heavy (non-hydrogen) atoms. The van der Waals surface area contributed by atoms with Crippen molar-refractivity contribution in [3.05, 3.63) is 0 Å². The van der Waals surface area contributed by atoms with E-state index >= 15 is 0 Å². The van der Waals surface area contributed by atoms with Crippen LogP contribution in [0.5, 0.6) is 0 Å². The summed E-state index contributed by atoms with van der Waals surface area (Å²) >= 11 is 0. The summed E-state index contributed by atoms with van der Waals surface area (Å²) in [5, 5.41) is 3.13. The van der Waals surface area contributed by atoms with Crippen molar-refractivity contribution in [1.82, 2.24) is 10.2 Å². The van der Waals surface area contributed by atoms with E-state index in [0.717, 1.165) is 13.0 Å². The average molecular weight is 270 g/mol. The molecule has 0 aromatic rings. The van der Waals surface area contributed by atoms with Crippen LogP contribution in [0, 0.1) is 0 Å². The fraction of sp³-hybridized carbons (Fsp3) is 0.933. The maximum absolute atomic E-state index is 12.0. The molecule has 1 aliphatic heterocycles. The number of nitrogens with zero attached hydrogens (tertiary/aromatic N) is 1. The maximum Gasteiger partial charge on any atom is 0.326 e. The zero-order valence-electron chi connectivity index (χ0n) is 12.8. The van der Waals surface area contributed by atoms with Crippen LogP contribution >= 0.6 is 0 Å². The summed E-state index contributed by atoms with van der Waals surface area (Å²) < 4.78 is 5.16. The van der Waals surface area contributed by atoms with Crippen molar-refractivity contribution in [1.29, 1.82) is 0 Å². The molecule has 0 bridgehead atoms. The molecule has 0 aromatic heterocycles. The van der Waals surface area contributed by atoms with Gasteiger partial charge in [-0.25, -0.2) is 0 Å². The zero-order valence-corrected chi connectivity index (χ0v) is 12.8. The van der Waals surface area contributed by atoms with E-state index in [0.29, 0.717) is 6.61 Å². The molecule has 112 valence electrons. The number of esters is 1. The van der Waals surface area contributed by atoms with E-state index in [-0.39, 0.29) is 5.97 Å². The number of hydrogen-bond donors (Lipinski definition) is 1. The van der Waals surface area contributed by atoms with Crippen LogP contribution in [0.4, 0.5) is 0 Å². The van der Waals surface area contributed by atoms with Gasteiger partial charge in [0.1, 0.15) is 5.54 Å². The Morgan fingerprint density at radius 2 is 1.79 bits per heavy atom. The largest absolute Gasteiger partial charge is 0.465 e. The predicted molar refractivity (Wildman–Crippen MR) is 78.2 cm³/mol. The van der Waals surface area contributed by atoms with E-state index in [1.165, 1.54) is 45.2 Å². The van der Waals surface area contributed by atoms with Crippen LogP contribution < -0.4 is 5.32 Å². The first-order chi connectivity index (χ1) is 9.12. The van der Waals surface area contributed by atoms with Crippen LogP contribution in [0.3, 0.4) is 0 Å². The number of carbonyl (C=O) groups excluding carboxylic acids is 1. The summed E-state index contributed by atoms with van der Waals surface area (Å²) in [5.41, 5.74) is -0.557. The minimum absolute atomic E-state index is 0.135. The van der Waals surface area contributed by atoms with Gasteiger partial charge in [-0.15, -0.1) is 0 Å². The lowest BCUT2D eigenvalue weighted by Gasteiger charge is -2.31. The Hall–Kier alpha value is -0.610. The molecular weight excluding hydrogens is 240 g/mol. The third-order valence-corrected chi connectivity index (χ3v) is 4.15. The van der Waals surface area contributed by atoms with Crippen LogP contribution in [0.25, 0.3) is 0 Å². The molecule has 1 heterocycles. The number of likely N-dealkylation sites (tertiary alicyclic amines) is 1. The second-order valence-electron chi connectivity index (χ2n) is 5.66. The van der Waals surface area contributed by atoms with Crippen LogP contribution in [0.2, 0.25) is 0 Å². The summed E-state index contributed by atoms with van der Waals surface area (Å²) in [6, 6.07) is 0. The Bertz CT molecular complexity index is 263. The molecule has 1 fully saturated rings. The van der Waals surface area contributed by atoms with Gasteiger partial charge in [0.2, 0.25) is 0 Å². The topological polar surface area (TPSA) is 41.6 Å². The number of rotatable bonds is 6. The van der Waals surface area contributed by atoms with Gasteiger partial charge in [-0.1, -0.05) is 19.3 Å². The lowest BCUT2D eigenvalue weighted by Crippen LogP contribution is -2.50. The van der Waals surface area contributed by atoms with Gasteiger partial charge in [0, 0.05) is 6.54 Å². The first kappa shape index (κ1) is 16.4. The number of nitrogens with one attached hydrogen (secondary N) is 1. The Morgan fingerprint density at radius 1 is 1.21 bits per heavy atom. The van der Waals surface area contributed by atoms with Crippen LogP contribution in [-0.2, 0) is 9.53 Å². The van der Waals surface area contributed by atoms with E-state index in [9.17, 15) is 4.79 Å². The fourth-order valence-electron chi connectivity index (χ4n) is 2.54. The highest BCUT2D eigenvalue weighted by Gasteiger charge is 2.33. The van der Waals surface area contributed by atoms with Crippen LogP contribution in [-0.4, -0.2) is 49.7 Å². The molecular formula is C15H30N2O2. The minimum Gasteiger partial charge on any atom is -0.465 e. The number of likely N-dealkylation sites (N-methyl/N-ethyl adjacent to an activating group) is 1. The highest BCUT2D eigenvalue weighted by molar-refractivity contribution is 5.80. The van der Waals surface area contributed by atoms with Crippen LogP contribution in [0.15, 0.2) is 0 Å². The highest BCUT2D eigenvalue weighted by atomic mass is 16.5. The van der Waals surface area contributed by atoms with Gasteiger partial charge in [-0.2, -0.15) is 0 Å². The quantitative estimate of drug-likeness (QED) is 0.751. The molecule has 1 N–H and O–H groups in total. The Balaban J connectivity index is 2.44. The molecule has 1 unspecified atom stereocenters. The SMILES string of the molecule is CCOC(=O)C(C)(CCN1CCCCCCC1)NC. The smallest absolute Gasteiger partial charge is 0.326 e. The average Bonchev–Trinajstić information content (AvgIpc) is 2.37. The van der Waals surface area contributed by atoms with Gasteiger partial charge in [-0.3, -0.25) is 4.79 Å². The van der Waals surface area contributed by atoms with Gasteiger partial charge >= 0.3 is 5.97 Å². The highest BCUT2D eigenvalue weighted by Crippen LogP contribution is 2.15. The Morgan fingerprint density at radius 3 is 2.32 bits per heavy atom. The first-order valence-electron chi connectivity index (χ1n) is 7.71. The predicted octanol–water partition coefficient (Wildman–Crippen LogP) is 2.18. The van der Waals surface area contributed by atoms with E-state index in [1.54, 1.807) is 0 Å². The van der Waals surface area contributed by atoms with Gasteiger partial charge in [0.15, 0.2) is 0 Å². The summed E-state index contributed by atoms with van der Waals surface area (Å²) in [6.45, 7) is 7.54. The third kappa shape index (κ3) is 5.49. The second-order valence-corrected chi connectivity index (χ2v) is 5.66. The lowest BCUT2D eigenvalue weighted by atomic mass is 9.97. The number of hydrogen-bond acceptors (Lipinski definition) is 4. The third-order valence-electron chi connectivity index (χ3n) is 4.15. The van der Waals surface area contributed by atoms with Gasteiger partial charge in [0.25, 0.3) is 0 Å². The molecule has 4 heteroatoms. The van der Waals surface area contributed by atoms with E-state index < -0.39 is 5.54 Å². The van der Waals surface area contributed by atoms with Gasteiger partial charge in [0.05, 0.1) is 6.61 Å². The lowest BCUT2D eigenvalue weighted by molar-refractivity contribution is -0.150. The molecule has 1 aliphatic rings. The molecule has 0 spiro atoms.